The third-order valence-electron chi connectivity index (χ3n) is 13.8. The third-order valence-corrected chi connectivity index (χ3v) is 13.8. The van der Waals surface area contributed by atoms with Crippen molar-refractivity contribution in [1.29, 1.82) is 0 Å². The number of hydrogen-bond donors (Lipinski definition) is 2. The summed E-state index contributed by atoms with van der Waals surface area (Å²) < 4.78 is 40.6. The first-order valence-corrected chi connectivity index (χ1v) is 18.7. The maximum Gasteiger partial charge on any atom is 0.416 e. The molecule has 9 rings (SSSR count). The molecular weight excluding hydrogens is 637 g/mol. The molecule has 1 saturated heterocycles. The molecule has 5 saturated carbocycles. The predicted octanol–water partition coefficient (Wildman–Crippen LogP) is 8.20. The Bertz CT molecular complexity index is 1750. The molecule has 0 radical (unpaired) electrons. The molecule has 4 bridgehead atoms. The fraction of sp³-hybridized carbons (Fsp3) is 0.610. The van der Waals surface area contributed by atoms with Gasteiger partial charge in [0.05, 0.1) is 5.56 Å². The molecule has 9 heteroatoms. The van der Waals surface area contributed by atoms with Crippen LogP contribution in [0.4, 0.5) is 13.2 Å². The highest BCUT2D eigenvalue weighted by Gasteiger charge is 2.61. The standard InChI is InChI=1S/C41H51F3N4O2/c1-25-35(31-7-5-6-8-33(31)45-25)36-32(38(36,2)3)20-34(49)48(24-26-9-11-30(12-10-26)41(42,43)44)40(13-15-47(4)16-14-40)37(50)46-39-21-27-17-28(22-39)19-29(18-27)23-39/h5-12,27-29,32,36,45H,13-24H2,1-4H3,(H,46,50)/t27?,28?,29?,32-,36+,39?/m0/s1. The Morgan fingerprint density at radius 3 is 2.14 bits per heavy atom. The van der Waals surface area contributed by atoms with Crippen molar-refractivity contribution < 1.29 is 22.8 Å². The van der Waals surface area contributed by atoms with E-state index in [1.165, 1.54) is 42.3 Å². The number of benzene rings is 2. The van der Waals surface area contributed by atoms with E-state index in [-0.39, 0.29) is 47.6 Å². The summed E-state index contributed by atoms with van der Waals surface area (Å²) in [6.45, 7) is 7.97. The minimum atomic E-state index is -4.45. The maximum absolute atomic E-state index is 15.0. The molecule has 6 fully saturated rings. The average molecular weight is 689 g/mol. The second-order valence-corrected chi connectivity index (χ2v) is 17.5. The zero-order valence-electron chi connectivity index (χ0n) is 29.8. The number of para-hydroxylation sites is 1. The second kappa shape index (κ2) is 11.9. The highest BCUT2D eigenvalue weighted by atomic mass is 19.4. The van der Waals surface area contributed by atoms with Crippen molar-refractivity contribution in [3.05, 3.63) is 70.9 Å². The largest absolute Gasteiger partial charge is 0.416 e. The Kier molecular flexibility index (Phi) is 8.01. The van der Waals surface area contributed by atoms with Crippen LogP contribution in [0.1, 0.15) is 99.9 Å². The molecule has 6 nitrogen and oxygen atoms in total. The van der Waals surface area contributed by atoms with Gasteiger partial charge in [0.15, 0.2) is 0 Å². The lowest BCUT2D eigenvalue weighted by molar-refractivity contribution is -0.155. The molecule has 2 heterocycles. The number of aromatic nitrogens is 1. The lowest BCUT2D eigenvalue weighted by atomic mass is 9.53. The number of piperidine rings is 1. The number of hydrogen-bond acceptors (Lipinski definition) is 3. The molecule has 6 aliphatic rings. The number of likely N-dealkylation sites (tertiary alicyclic amines) is 1. The van der Waals surface area contributed by atoms with E-state index in [0.717, 1.165) is 42.6 Å². The van der Waals surface area contributed by atoms with Gasteiger partial charge in [-0.1, -0.05) is 44.2 Å². The normalized spacial score (nSPS) is 31.1. The minimum absolute atomic E-state index is 0.0631. The molecule has 2 N–H and O–H groups in total. The topological polar surface area (TPSA) is 68.4 Å². The number of carbonyl (C=O) groups excluding carboxylic acids is 2. The zero-order chi connectivity index (χ0) is 35.2. The van der Waals surface area contributed by atoms with E-state index in [2.05, 4.69) is 48.1 Å². The van der Waals surface area contributed by atoms with Crippen molar-refractivity contribution >= 4 is 22.7 Å². The van der Waals surface area contributed by atoms with Gasteiger partial charge in [-0.25, -0.2) is 0 Å². The first-order valence-electron chi connectivity index (χ1n) is 18.7. The van der Waals surface area contributed by atoms with Crippen molar-refractivity contribution in [2.75, 3.05) is 20.1 Å². The van der Waals surface area contributed by atoms with Crippen LogP contribution >= 0.6 is 0 Å². The molecule has 0 unspecified atom stereocenters. The van der Waals surface area contributed by atoms with E-state index in [1.54, 1.807) is 4.90 Å². The van der Waals surface area contributed by atoms with Gasteiger partial charge in [0.25, 0.3) is 0 Å². The van der Waals surface area contributed by atoms with E-state index in [9.17, 15) is 18.0 Å². The Morgan fingerprint density at radius 1 is 0.940 bits per heavy atom. The molecule has 268 valence electrons. The van der Waals surface area contributed by atoms with Crippen molar-refractivity contribution in [3.8, 4) is 0 Å². The Labute approximate surface area is 293 Å². The molecule has 5 aliphatic carbocycles. The summed E-state index contributed by atoms with van der Waals surface area (Å²) in [6.07, 6.45) is 3.63. The van der Waals surface area contributed by atoms with Gasteiger partial charge in [-0.2, -0.15) is 13.2 Å². The smallest absolute Gasteiger partial charge is 0.358 e. The van der Waals surface area contributed by atoms with Gasteiger partial charge >= 0.3 is 6.18 Å². The number of aryl methyl sites for hydroxylation is 1. The molecular formula is C41H51F3N4O2. The average Bonchev–Trinajstić information content (AvgIpc) is 3.39. The number of nitrogens with one attached hydrogen (secondary N) is 2. The van der Waals surface area contributed by atoms with Crippen LogP contribution < -0.4 is 5.32 Å². The SMILES string of the molecule is Cc1[nH]c2ccccc2c1[C@H]1[C@H](CC(=O)N(Cc2ccc(C(F)(F)F)cc2)C2(C(=O)NC34CC5CC(CC(C5)C3)C4)CCN(C)CC2)C1(C)C. The van der Waals surface area contributed by atoms with Crippen molar-refractivity contribution in [2.45, 2.75) is 108 Å². The molecule has 3 aromatic rings. The van der Waals surface area contributed by atoms with Crippen molar-refractivity contribution in [2.24, 2.45) is 29.1 Å². The van der Waals surface area contributed by atoms with Crippen LogP contribution in [0, 0.1) is 36.0 Å². The van der Waals surface area contributed by atoms with Crippen LogP contribution in [-0.2, 0) is 22.3 Å². The van der Waals surface area contributed by atoms with Crippen molar-refractivity contribution in [1.82, 2.24) is 20.1 Å². The number of H-pyrrole nitrogens is 1. The number of rotatable bonds is 8. The summed E-state index contributed by atoms with van der Waals surface area (Å²) >= 11 is 0. The summed E-state index contributed by atoms with van der Waals surface area (Å²) in [5.74, 6) is 2.05. The molecule has 50 heavy (non-hydrogen) atoms. The predicted molar refractivity (Wildman–Crippen MR) is 188 cm³/mol. The van der Waals surface area contributed by atoms with Gasteiger partial charge in [0.2, 0.25) is 11.8 Å². The number of fused-ring (bicyclic) bond motifs is 1. The minimum Gasteiger partial charge on any atom is -0.358 e. The molecule has 2 atom stereocenters. The fourth-order valence-electron chi connectivity index (χ4n) is 11.4. The number of halogens is 3. The summed E-state index contributed by atoms with van der Waals surface area (Å²) in [5, 5.41) is 4.82. The van der Waals surface area contributed by atoms with Crippen LogP contribution in [0.3, 0.4) is 0 Å². The lowest BCUT2D eigenvalue weighted by Crippen LogP contribution is -2.69. The molecule has 1 aromatic heterocycles. The third kappa shape index (κ3) is 5.75. The number of nitrogens with zero attached hydrogens (tertiary/aromatic N) is 2. The van der Waals surface area contributed by atoms with Crippen LogP contribution in [0.15, 0.2) is 48.5 Å². The fourth-order valence-corrected chi connectivity index (χ4v) is 11.4. The summed E-state index contributed by atoms with van der Waals surface area (Å²) in [6, 6.07) is 13.4. The zero-order valence-corrected chi connectivity index (χ0v) is 29.8. The first-order chi connectivity index (χ1) is 23.7. The van der Waals surface area contributed by atoms with Crippen molar-refractivity contribution in [3.63, 3.8) is 0 Å². The molecule has 2 aromatic carbocycles. The maximum atomic E-state index is 15.0. The number of aromatic amines is 1. The van der Waals surface area contributed by atoms with Crippen LogP contribution in [0.2, 0.25) is 0 Å². The number of amides is 2. The van der Waals surface area contributed by atoms with Gasteiger partial charge < -0.3 is 20.1 Å². The van der Waals surface area contributed by atoms with Gasteiger partial charge in [0.1, 0.15) is 5.54 Å². The van der Waals surface area contributed by atoms with Gasteiger partial charge in [-0.15, -0.1) is 0 Å². The van der Waals surface area contributed by atoms with Crippen LogP contribution in [-0.4, -0.2) is 57.8 Å². The lowest BCUT2D eigenvalue weighted by Gasteiger charge is -2.58. The van der Waals surface area contributed by atoms with Gasteiger partial charge in [-0.3, -0.25) is 9.59 Å². The highest BCUT2D eigenvalue weighted by molar-refractivity contribution is 5.93. The van der Waals surface area contributed by atoms with E-state index in [0.29, 0.717) is 49.2 Å². The quantitative estimate of drug-likeness (QED) is 0.251. The van der Waals surface area contributed by atoms with Gasteiger partial charge in [0, 0.05) is 48.2 Å². The van der Waals surface area contributed by atoms with Crippen LogP contribution in [0.25, 0.3) is 10.9 Å². The second-order valence-electron chi connectivity index (χ2n) is 17.5. The Hall–Kier alpha value is -3.33. The monoisotopic (exact) mass is 688 g/mol. The Morgan fingerprint density at radius 2 is 1.54 bits per heavy atom. The molecule has 1 aliphatic heterocycles. The van der Waals surface area contributed by atoms with E-state index < -0.39 is 17.3 Å². The van der Waals surface area contributed by atoms with E-state index >= 15 is 4.79 Å². The summed E-state index contributed by atoms with van der Waals surface area (Å²) in [4.78, 5) is 37.5. The van der Waals surface area contributed by atoms with E-state index in [4.69, 9.17) is 0 Å². The van der Waals surface area contributed by atoms with Gasteiger partial charge in [-0.05, 0) is 130 Å². The van der Waals surface area contributed by atoms with Crippen LogP contribution in [0.5, 0.6) is 0 Å². The summed E-state index contributed by atoms with van der Waals surface area (Å²) in [7, 11) is 2.05. The number of alkyl halides is 3. The highest BCUT2D eigenvalue weighted by Crippen LogP contribution is 2.67. The number of carbonyl (C=O) groups is 2. The molecule has 0 spiro atoms. The molecule has 2 amide bonds. The summed E-state index contributed by atoms with van der Waals surface area (Å²) in [5.41, 5.74) is 1.91. The Balaban J connectivity index is 1.13. The van der Waals surface area contributed by atoms with E-state index in [1.807, 2.05) is 19.2 Å². The first kappa shape index (κ1) is 33.8.